The van der Waals surface area contributed by atoms with Crippen LogP contribution in [0.4, 0.5) is 0 Å². The Labute approximate surface area is 185 Å². The fraction of sp³-hybridized carbons (Fsp3) is 0.292. The Morgan fingerprint density at radius 1 is 0.844 bits per heavy atom. The molecule has 0 aromatic heterocycles. The molecule has 2 aliphatic heterocycles. The molecular weight excluding hydrogens is 412 g/mol. The second-order valence-electron chi connectivity index (χ2n) is 7.27. The number of imide groups is 2. The maximum atomic E-state index is 13.0. The van der Waals surface area contributed by atoms with Gasteiger partial charge in [0, 0.05) is 52.2 Å². The topological polar surface area (TPSA) is 101 Å². The van der Waals surface area contributed by atoms with E-state index in [9.17, 15) is 24.0 Å². The summed E-state index contributed by atoms with van der Waals surface area (Å²) in [5.74, 6) is -2.51. The summed E-state index contributed by atoms with van der Waals surface area (Å²) in [6.45, 7) is 9.12. The number of esters is 1. The first kappa shape index (κ1) is 22.9. The lowest BCUT2D eigenvalue weighted by molar-refractivity contribution is -0.139. The lowest BCUT2D eigenvalue weighted by Gasteiger charge is -2.30. The van der Waals surface area contributed by atoms with Gasteiger partial charge in [0.15, 0.2) is 0 Å². The predicted molar refractivity (Wildman–Crippen MR) is 117 cm³/mol. The van der Waals surface area contributed by atoms with E-state index in [0.29, 0.717) is 10.8 Å². The van der Waals surface area contributed by atoms with Gasteiger partial charge in [0.25, 0.3) is 23.6 Å². The smallest absolute Gasteiger partial charge is 0.333 e. The molecule has 4 amide bonds. The van der Waals surface area contributed by atoms with E-state index in [1.807, 2.05) is 13.8 Å². The van der Waals surface area contributed by atoms with Crippen molar-refractivity contribution in [2.45, 2.75) is 27.2 Å². The van der Waals surface area contributed by atoms with Gasteiger partial charge >= 0.3 is 5.97 Å². The molecule has 0 N–H and O–H groups in total. The molecule has 2 aromatic rings. The zero-order valence-electron chi connectivity index (χ0n) is 18.5. The highest BCUT2D eigenvalue weighted by Gasteiger charge is 2.38. The van der Waals surface area contributed by atoms with E-state index in [2.05, 4.69) is 6.58 Å². The van der Waals surface area contributed by atoms with E-state index < -0.39 is 29.6 Å². The molecular formula is C24H24N2O6. The maximum Gasteiger partial charge on any atom is 0.333 e. The van der Waals surface area contributed by atoms with E-state index in [1.165, 1.54) is 38.2 Å². The molecule has 4 rings (SSSR count). The Balaban J connectivity index is 0.00000141. The van der Waals surface area contributed by atoms with Crippen LogP contribution in [-0.2, 0) is 9.53 Å². The maximum absolute atomic E-state index is 13.0. The van der Waals surface area contributed by atoms with Gasteiger partial charge < -0.3 is 4.74 Å². The highest BCUT2D eigenvalue weighted by atomic mass is 16.5. The number of ether oxygens (including phenoxy) is 1. The van der Waals surface area contributed by atoms with Crippen molar-refractivity contribution in [2.24, 2.45) is 0 Å². The van der Waals surface area contributed by atoms with E-state index in [-0.39, 0.29) is 47.4 Å². The minimum Gasteiger partial charge on any atom is -0.462 e. The molecule has 0 spiro atoms. The van der Waals surface area contributed by atoms with Gasteiger partial charge in [-0.05, 0) is 37.6 Å². The molecule has 2 aromatic carbocycles. The van der Waals surface area contributed by atoms with Crippen molar-refractivity contribution < 1.29 is 28.7 Å². The third kappa shape index (κ3) is 3.47. The zero-order valence-corrected chi connectivity index (χ0v) is 18.5. The normalized spacial score (nSPS) is 14.4. The summed E-state index contributed by atoms with van der Waals surface area (Å²) in [7, 11) is 1.39. The van der Waals surface area contributed by atoms with Crippen molar-refractivity contribution in [3.63, 3.8) is 0 Å². The summed E-state index contributed by atoms with van der Waals surface area (Å²) in [4.78, 5) is 64.6. The summed E-state index contributed by atoms with van der Waals surface area (Å²) in [5.41, 5.74) is 1.36. The van der Waals surface area contributed by atoms with Crippen LogP contribution in [0.5, 0.6) is 0 Å². The predicted octanol–water partition coefficient (Wildman–Crippen LogP) is 3.20. The van der Waals surface area contributed by atoms with Crippen LogP contribution in [0.3, 0.4) is 0 Å². The highest BCUT2D eigenvalue weighted by Crippen LogP contribution is 2.37. The lowest BCUT2D eigenvalue weighted by atomic mass is 9.86. The number of hydrogen-bond acceptors (Lipinski definition) is 6. The minimum absolute atomic E-state index is 0.0399. The van der Waals surface area contributed by atoms with Crippen LogP contribution in [0.1, 0.15) is 68.6 Å². The Morgan fingerprint density at radius 2 is 1.25 bits per heavy atom. The van der Waals surface area contributed by atoms with Crippen LogP contribution < -0.4 is 0 Å². The summed E-state index contributed by atoms with van der Waals surface area (Å²) in [6.07, 6.45) is 0.271. The second kappa shape index (κ2) is 8.74. The molecule has 0 bridgehead atoms. The quantitative estimate of drug-likeness (QED) is 0.309. The van der Waals surface area contributed by atoms with Crippen molar-refractivity contribution in [3.05, 3.63) is 58.7 Å². The third-order valence-electron chi connectivity index (χ3n) is 5.29. The first-order valence-corrected chi connectivity index (χ1v) is 10.3. The molecule has 8 heteroatoms. The third-order valence-corrected chi connectivity index (χ3v) is 5.29. The molecule has 0 aliphatic carbocycles. The number of carbonyl (C=O) groups excluding carboxylic acids is 5. The molecule has 2 aliphatic rings. The first-order chi connectivity index (χ1) is 15.2. The van der Waals surface area contributed by atoms with Gasteiger partial charge in [-0.25, -0.2) is 4.79 Å². The van der Waals surface area contributed by atoms with Crippen molar-refractivity contribution in [1.29, 1.82) is 0 Å². The highest BCUT2D eigenvalue weighted by molar-refractivity contribution is 6.33. The molecule has 0 unspecified atom stereocenters. The number of nitrogens with zero attached hydrogens (tertiary/aromatic N) is 2. The minimum atomic E-state index is -0.532. The van der Waals surface area contributed by atoms with Gasteiger partial charge in [-0.1, -0.05) is 20.4 Å². The number of hydrogen-bond donors (Lipinski definition) is 0. The fourth-order valence-electron chi connectivity index (χ4n) is 3.76. The van der Waals surface area contributed by atoms with Crippen LogP contribution >= 0.6 is 0 Å². The van der Waals surface area contributed by atoms with E-state index in [0.717, 1.165) is 9.80 Å². The number of carbonyl (C=O) groups is 5. The Bertz CT molecular complexity index is 1130. The molecule has 0 fully saturated rings. The molecule has 0 radical (unpaired) electrons. The monoisotopic (exact) mass is 436 g/mol. The SMILES string of the molecule is C=C(C)C(=O)OCCCN1C(=O)c2ccc3c4c(ccc(c24)C1=O)C(=O)N(C)C3=O.CC. The largest absolute Gasteiger partial charge is 0.462 e. The molecule has 2 heterocycles. The molecule has 0 atom stereocenters. The molecule has 0 saturated heterocycles. The average Bonchev–Trinajstić information content (AvgIpc) is 2.80. The molecule has 32 heavy (non-hydrogen) atoms. The van der Waals surface area contributed by atoms with Gasteiger partial charge in [0.1, 0.15) is 0 Å². The number of amides is 4. The first-order valence-electron chi connectivity index (χ1n) is 10.3. The Hall–Kier alpha value is -3.81. The zero-order chi connectivity index (χ0) is 23.7. The Morgan fingerprint density at radius 3 is 1.66 bits per heavy atom. The summed E-state index contributed by atoms with van der Waals surface area (Å²) >= 11 is 0. The number of rotatable bonds is 5. The van der Waals surface area contributed by atoms with Crippen LogP contribution in [0.2, 0.25) is 0 Å². The van der Waals surface area contributed by atoms with E-state index in [1.54, 1.807) is 0 Å². The fourth-order valence-corrected chi connectivity index (χ4v) is 3.76. The van der Waals surface area contributed by atoms with Gasteiger partial charge in [-0.2, -0.15) is 0 Å². The van der Waals surface area contributed by atoms with E-state index in [4.69, 9.17) is 4.74 Å². The lowest BCUT2D eigenvalue weighted by Crippen LogP contribution is -2.42. The Kier molecular flexibility index (Phi) is 6.25. The van der Waals surface area contributed by atoms with Crippen molar-refractivity contribution in [1.82, 2.24) is 9.80 Å². The average molecular weight is 436 g/mol. The van der Waals surface area contributed by atoms with Crippen LogP contribution in [-0.4, -0.2) is 59.6 Å². The van der Waals surface area contributed by atoms with Crippen LogP contribution in [0.15, 0.2) is 36.4 Å². The van der Waals surface area contributed by atoms with Gasteiger partial charge in [-0.15, -0.1) is 0 Å². The van der Waals surface area contributed by atoms with Gasteiger partial charge in [0.2, 0.25) is 0 Å². The van der Waals surface area contributed by atoms with Crippen LogP contribution in [0.25, 0.3) is 10.8 Å². The van der Waals surface area contributed by atoms with Gasteiger partial charge in [0.05, 0.1) is 6.61 Å². The molecule has 8 nitrogen and oxygen atoms in total. The van der Waals surface area contributed by atoms with Crippen molar-refractivity contribution in [3.8, 4) is 0 Å². The van der Waals surface area contributed by atoms with Crippen LogP contribution in [0, 0.1) is 0 Å². The van der Waals surface area contributed by atoms with E-state index >= 15 is 0 Å². The second-order valence-corrected chi connectivity index (χ2v) is 7.27. The summed E-state index contributed by atoms with van der Waals surface area (Å²) in [5, 5.41) is 0.676. The standard InChI is InChI=1S/C22H18N2O6.C2H6/c1-11(2)22(29)30-10-4-9-24-20(27)14-7-5-12-16-13(19(26)23(3)18(12)25)6-8-15(17(14)16)21(24)28;1-2/h5-8H,1,4,9-10H2,2-3H3;1-2H3. The molecule has 166 valence electrons. The summed E-state index contributed by atoms with van der Waals surface area (Å²) < 4.78 is 5.01. The van der Waals surface area contributed by atoms with Crippen molar-refractivity contribution in [2.75, 3.05) is 20.2 Å². The van der Waals surface area contributed by atoms with Crippen molar-refractivity contribution >= 4 is 40.4 Å². The summed E-state index contributed by atoms with van der Waals surface area (Å²) in [6, 6.07) is 6.04. The van der Waals surface area contributed by atoms with Gasteiger partial charge in [-0.3, -0.25) is 29.0 Å². The number of benzene rings is 2. The molecule has 0 saturated carbocycles.